The number of hydrogen-bond donors (Lipinski definition) is 11. The fourth-order valence-corrected chi connectivity index (χ4v) is 8.67. The average molecular weight is 1040 g/mol. The number of rotatable bonds is 18. The standard InChI is InChI=1S/C56H75N13O7/c1-34(2)29-44-52(74)65-43(18-12-28-62-56(59)60)51(73)69-47(32-37-21-25-41(26-22-37)39-15-9-6-10-16-39)54(76)67-45(30-35(3)4)53(75)66-42(17-11-27-61-55(57)58)50(72)68-46(49(71)63-33-48(70)64-44)31-36-19-23-40(24-20-36)38-13-7-5-8-14-38/h5-10,13-16,19-26,34-35,42-47H,11-12,17-18,27-33H2,1-4H3,(H,63,71)(H,64,70)(H,65,74)(H,66,75)(H,67,76)(H,68,72)(H,69,73)(H4,57,58,61)(H4,59,60,62)/t42-,43-,44-,45-,46-,47-/m0/s1. The monoisotopic (exact) mass is 1040 g/mol. The predicted octanol–water partition coefficient (Wildman–Crippen LogP) is 2.04. The minimum Gasteiger partial charge on any atom is -0.370 e. The molecule has 406 valence electrons. The molecule has 4 aromatic carbocycles. The molecule has 20 heteroatoms. The molecular weight excluding hydrogens is 967 g/mol. The summed E-state index contributed by atoms with van der Waals surface area (Å²) in [5, 5.41) is 19.5. The number of benzene rings is 4. The van der Waals surface area contributed by atoms with Crippen molar-refractivity contribution in [3.05, 3.63) is 120 Å². The van der Waals surface area contributed by atoms with Gasteiger partial charge in [-0.15, -0.1) is 0 Å². The lowest BCUT2D eigenvalue weighted by molar-refractivity contribution is -0.135. The van der Waals surface area contributed by atoms with Gasteiger partial charge in [0.15, 0.2) is 11.9 Å². The quantitative estimate of drug-likeness (QED) is 0.0389. The van der Waals surface area contributed by atoms with E-state index in [4.69, 9.17) is 22.9 Å². The Bertz CT molecular complexity index is 2620. The van der Waals surface area contributed by atoms with Crippen molar-refractivity contribution in [3.63, 3.8) is 0 Å². The molecule has 6 atom stereocenters. The van der Waals surface area contributed by atoms with Crippen molar-refractivity contribution < 1.29 is 33.6 Å². The highest BCUT2D eigenvalue weighted by atomic mass is 16.2. The van der Waals surface area contributed by atoms with Gasteiger partial charge in [0, 0.05) is 25.9 Å². The van der Waals surface area contributed by atoms with Gasteiger partial charge in [-0.3, -0.25) is 43.5 Å². The lowest BCUT2D eigenvalue weighted by Crippen LogP contribution is -2.60. The fraction of sp³-hybridized carbons (Fsp3) is 0.411. The maximum atomic E-state index is 14.7. The van der Waals surface area contributed by atoms with Crippen molar-refractivity contribution in [2.45, 2.75) is 115 Å². The first-order chi connectivity index (χ1) is 36.3. The molecule has 1 aliphatic heterocycles. The molecule has 7 amide bonds. The summed E-state index contributed by atoms with van der Waals surface area (Å²) in [5.41, 5.74) is 27.5. The molecule has 0 unspecified atom stereocenters. The molecular formula is C56H75N13O7. The second kappa shape index (κ2) is 29.6. The van der Waals surface area contributed by atoms with Crippen LogP contribution in [0.3, 0.4) is 0 Å². The molecule has 5 rings (SSSR count). The van der Waals surface area contributed by atoms with Gasteiger partial charge < -0.3 is 60.2 Å². The van der Waals surface area contributed by atoms with Crippen LogP contribution < -0.4 is 60.2 Å². The lowest BCUT2D eigenvalue weighted by Gasteiger charge is -2.28. The Morgan fingerprint density at radius 1 is 0.434 bits per heavy atom. The van der Waals surface area contributed by atoms with E-state index in [0.717, 1.165) is 22.3 Å². The Morgan fingerprint density at radius 2 is 0.763 bits per heavy atom. The van der Waals surface area contributed by atoms with Crippen LogP contribution in [-0.4, -0.2) is 109 Å². The van der Waals surface area contributed by atoms with E-state index in [1.807, 2.05) is 137 Å². The Hall–Kier alpha value is -8.29. The minimum atomic E-state index is -1.30. The number of guanidine groups is 2. The van der Waals surface area contributed by atoms with Crippen LogP contribution in [0.2, 0.25) is 0 Å². The number of amides is 7. The molecule has 0 spiro atoms. The third-order valence-corrected chi connectivity index (χ3v) is 12.5. The molecule has 1 aliphatic rings. The van der Waals surface area contributed by atoms with Gasteiger partial charge in [-0.05, 0) is 83.7 Å². The molecule has 0 saturated carbocycles. The summed E-state index contributed by atoms with van der Waals surface area (Å²) in [7, 11) is 0. The Morgan fingerprint density at radius 3 is 1.16 bits per heavy atom. The van der Waals surface area contributed by atoms with Gasteiger partial charge in [0.1, 0.15) is 36.3 Å². The number of nitrogens with zero attached hydrogens (tertiary/aromatic N) is 2. The highest BCUT2D eigenvalue weighted by molar-refractivity contribution is 5.98. The van der Waals surface area contributed by atoms with Crippen LogP contribution in [0.15, 0.2) is 119 Å². The normalized spacial score (nSPS) is 20.4. The third-order valence-electron chi connectivity index (χ3n) is 12.5. The highest BCUT2D eigenvalue weighted by Gasteiger charge is 2.35. The summed E-state index contributed by atoms with van der Waals surface area (Å²) in [5.74, 6) is -5.61. The van der Waals surface area contributed by atoms with Crippen molar-refractivity contribution in [2.75, 3.05) is 19.6 Å². The molecule has 15 N–H and O–H groups in total. The molecule has 20 nitrogen and oxygen atoms in total. The summed E-state index contributed by atoms with van der Waals surface area (Å²) in [4.78, 5) is 109. The topological polar surface area (TPSA) is 332 Å². The van der Waals surface area contributed by atoms with Crippen molar-refractivity contribution >= 4 is 53.3 Å². The second-order valence-electron chi connectivity index (χ2n) is 19.8. The fourth-order valence-electron chi connectivity index (χ4n) is 8.67. The predicted molar refractivity (Wildman–Crippen MR) is 294 cm³/mol. The molecule has 76 heavy (non-hydrogen) atoms. The van der Waals surface area contributed by atoms with E-state index in [1.165, 1.54) is 0 Å². The van der Waals surface area contributed by atoms with Crippen LogP contribution >= 0.6 is 0 Å². The number of hydrogen-bond acceptors (Lipinski definition) is 9. The Kier molecular flexibility index (Phi) is 22.8. The number of aliphatic imine (C=N–C) groups is 2. The third kappa shape index (κ3) is 19.5. The molecule has 0 aromatic heterocycles. The van der Waals surface area contributed by atoms with Crippen molar-refractivity contribution in [3.8, 4) is 22.3 Å². The zero-order valence-corrected chi connectivity index (χ0v) is 43.9. The van der Waals surface area contributed by atoms with Gasteiger partial charge in [0.05, 0.1) is 6.54 Å². The van der Waals surface area contributed by atoms with Crippen LogP contribution in [0.4, 0.5) is 0 Å². The highest BCUT2D eigenvalue weighted by Crippen LogP contribution is 2.22. The van der Waals surface area contributed by atoms with Crippen molar-refractivity contribution in [2.24, 2.45) is 44.8 Å². The van der Waals surface area contributed by atoms with E-state index in [2.05, 4.69) is 47.2 Å². The number of carbonyl (C=O) groups is 7. The number of nitrogens with two attached hydrogens (primary N) is 4. The Labute approximate surface area is 444 Å². The minimum absolute atomic E-state index is 0.0136. The van der Waals surface area contributed by atoms with E-state index in [0.29, 0.717) is 11.1 Å². The first-order valence-electron chi connectivity index (χ1n) is 25.8. The van der Waals surface area contributed by atoms with Crippen LogP contribution in [0.5, 0.6) is 0 Å². The molecule has 0 aliphatic carbocycles. The van der Waals surface area contributed by atoms with Gasteiger partial charge in [0.2, 0.25) is 41.4 Å². The lowest BCUT2D eigenvalue weighted by atomic mass is 9.98. The van der Waals surface area contributed by atoms with Crippen LogP contribution in [0.1, 0.15) is 77.3 Å². The van der Waals surface area contributed by atoms with E-state index < -0.39 is 84.1 Å². The van der Waals surface area contributed by atoms with Crippen LogP contribution in [0.25, 0.3) is 22.3 Å². The summed E-state index contributed by atoms with van der Waals surface area (Å²) in [6.45, 7) is 7.08. The van der Waals surface area contributed by atoms with E-state index in [9.17, 15) is 33.6 Å². The SMILES string of the molecule is CC(C)C[C@@H]1NC(=O)CNC(=O)[C@H](Cc2ccc(-c3ccccc3)cc2)NC(=O)[C@H](CCCN=C(N)N)NC(=O)[C@H](CC(C)C)NC(=O)[C@H](Cc2ccc(-c3ccccc3)cc2)NC(=O)[C@H](CCCN=C(N)N)NC1=O. The summed E-state index contributed by atoms with van der Waals surface area (Å²) < 4.78 is 0. The molecule has 1 saturated heterocycles. The summed E-state index contributed by atoms with van der Waals surface area (Å²) >= 11 is 0. The number of carbonyl (C=O) groups excluding carboxylic acids is 7. The maximum Gasteiger partial charge on any atom is 0.243 e. The second-order valence-corrected chi connectivity index (χ2v) is 19.8. The Balaban J connectivity index is 1.56. The smallest absolute Gasteiger partial charge is 0.243 e. The molecule has 1 fully saturated rings. The first-order valence-corrected chi connectivity index (χ1v) is 25.8. The first kappa shape index (κ1) is 58.6. The molecule has 4 aromatic rings. The van der Waals surface area contributed by atoms with E-state index in [-0.39, 0.29) is 88.2 Å². The largest absolute Gasteiger partial charge is 0.370 e. The summed E-state index contributed by atoms with van der Waals surface area (Å²) in [6.07, 6.45) is 0.718. The van der Waals surface area contributed by atoms with Gasteiger partial charge in [-0.2, -0.15) is 0 Å². The van der Waals surface area contributed by atoms with Crippen molar-refractivity contribution in [1.82, 2.24) is 37.2 Å². The maximum absolute atomic E-state index is 14.7. The van der Waals surface area contributed by atoms with Crippen molar-refractivity contribution in [1.29, 1.82) is 0 Å². The molecule has 1 heterocycles. The van der Waals surface area contributed by atoms with Gasteiger partial charge >= 0.3 is 0 Å². The van der Waals surface area contributed by atoms with Crippen LogP contribution in [-0.2, 0) is 46.4 Å². The zero-order valence-electron chi connectivity index (χ0n) is 43.9. The zero-order chi connectivity index (χ0) is 55.1. The number of nitrogens with one attached hydrogen (secondary N) is 7. The van der Waals surface area contributed by atoms with Gasteiger partial charge in [0.25, 0.3) is 0 Å². The van der Waals surface area contributed by atoms with Gasteiger partial charge in [-0.1, -0.05) is 137 Å². The van der Waals surface area contributed by atoms with Gasteiger partial charge in [-0.25, -0.2) is 0 Å². The molecule has 0 radical (unpaired) electrons. The van der Waals surface area contributed by atoms with E-state index in [1.54, 1.807) is 0 Å². The molecule has 0 bridgehead atoms. The summed E-state index contributed by atoms with van der Waals surface area (Å²) in [6, 6.07) is 26.8. The van der Waals surface area contributed by atoms with Crippen LogP contribution in [0, 0.1) is 11.8 Å². The average Bonchev–Trinajstić information content (AvgIpc) is 3.39. The van der Waals surface area contributed by atoms with E-state index >= 15 is 0 Å².